The van der Waals surface area contributed by atoms with Crippen molar-refractivity contribution in [2.24, 2.45) is 5.73 Å². The van der Waals surface area contributed by atoms with Crippen molar-refractivity contribution in [3.8, 4) is 0 Å². The van der Waals surface area contributed by atoms with E-state index in [-0.39, 0.29) is 17.9 Å². The maximum absolute atomic E-state index is 12.4. The second kappa shape index (κ2) is 4.14. The van der Waals surface area contributed by atoms with Gasteiger partial charge in [-0.1, -0.05) is 0 Å². The fourth-order valence-electron chi connectivity index (χ4n) is 0.914. The zero-order valence-corrected chi connectivity index (χ0v) is 8.76. The molecule has 1 rings (SSSR count). The van der Waals surface area contributed by atoms with Gasteiger partial charge in [0.2, 0.25) is 0 Å². The molecule has 0 unspecified atom stereocenters. The molecule has 0 fully saturated rings. The van der Waals surface area contributed by atoms with Crippen LogP contribution in [0.5, 0.6) is 0 Å². The quantitative estimate of drug-likeness (QED) is 0.816. The molecule has 0 radical (unpaired) electrons. The molecular formula is C7H8F2IN3. The van der Waals surface area contributed by atoms with Crippen LogP contribution < -0.4 is 11.5 Å². The van der Waals surface area contributed by atoms with E-state index in [0.29, 0.717) is 9.26 Å². The van der Waals surface area contributed by atoms with E-state index in [1.54, 1.807) is 22.6 Å². The maximum atomic E-state index is 12.4. The summed E-state index contributed by atoms with van der Waals surface area (Å²) in [5.41, 5.74) is 11.0. The number of pyridine rings is 1. The number of anilines is 1. The standard InChI is InChI=1S/C7H8F2IN3/c8-6(9)5-4(10)1-3(2-11)13-7(5)12/h1,6H,2,11H2,(H2,12,13). The predicted octanol–water partition coefficient (Wildman–Crippen LogP) is 1.66. The summed E-state index contributed by atoms with van der Waals surface area (Å²) >= 11 is 1.79. The highest BCUT2D eigenvalue weighted by molar-refractivity contribution is 14.1. The Morgan fingerprint density at radius 3 is 2.54 bits per heavy atom. The molecule has 72 valence electrons. The summed E-state index contributed by atoms with van der Waals surface area (Å²) in [6.07, 6.45) is -2.59. The predicted molar refractivity (Wildman–Crippen MR) is 54.2 cm³/mol. The van der Waals surface area contributed by atoms with E-state index >= 15 is 0 Å². The fraction of sp³-hybridized carbons (Fsp3) is 0.286. The van der Waals surface area contributed by atoms with Crippen molar-refractivity contribution in [3.63, 3.8) is 0 Å². The van der Waals surface area contributed by atoms with Gasteiger partial charge in [-0.05, 0) is 28.7 Å². The average molecular weight is 299 g/mol. The third-order valence-electron chi connectivity index (χ3n) is 1.52. The Morgan fingerprint density at radius 2 is 2.15 bits per heavy atom. The zero-order chi connectivity index (χ0) is 10.0. The van der Waals surface area contributed by atoms with E-state index in [2.05, 4.69) is 4.98 Å². The molecule has 0 amide bonds. The van der Waals surface area contributed by atoms with Gasteiger partial charge in [0.25, 0.3) is 6.43 Å². The Bertz CT molecular complexity index is 294. The molecule has 0 aliphatic rings. The minimum absolute atomic E-state index is 0.137. The molecule has 0 aromatic carbocycles. The highest BCUT2D eigenvalue weighted by Crippen LogP contribution is 2.28. The number of rotatable bonds is 2. The summed E-state index contributed by atoms with van der Waals surface area (Å²) < 4.78 is 25.1. The number of nitrogens with two attached hydrogens (primary N) is 2. The normalized spacial score (nSPS) is 10.8. The molecule has 0 spiro atoms. The maximum Gasteiger partial charge on any atom is 0.268 e. The van der Waals surface area contributed by atoms with E-state index in [9.17, 15) is 8.78 Å². The first-order chi connectivity index (χ1) is 6.06. The highest BCUT2D eigenvalue weighted by Gasteiger charge is 2.17. The summed E-state index contributed by atoms with van der Waals surface area (Å²) in [5.74, 6) is -0.137. The topological polar surface area (TPSA) is 64.9 Å². The monoisotopic (exact) mass is 299 g/mol. The van der Waals surface area contributed by atoms with Gasteiger partial charge in [0.1, 0.15) is 5.82 Å². The molecule has 0 bridgehead atoms. The summed E-state index contributed by atoms with van der Waals surface area (Å²) in [6.45, 7) is 0.198. The molecule has 0 aliphatic carbocycles. The van der Waals surface area contributed by atoms with Gasteiger partial charge in [-0.15, -0.1) is 0 Å². The van der Waals surface area contributed by atoms with E-state index in [0.717, 1.165) is 0 Å². The van der Waals surface area contributed by atoms with Gasteiger partial charge in [-0.3, -0.25) is 0 Å². The van der Waals surface area contributed by atoms with Gasteiger partial charge in [0.05, 0.1) is 11.3 Å². The van der Waals surface area contributed by atoms with E-state index < -0.39 is 6.43 Å². The van der Waals surface area contributed by atoms with E-state index in [1.807, 2.05) is 0 Å². The Hall–Kier alpha value is -0.500. The Labute approximate surface area is 87.7 Å². The van der Waals surface area contributed by atoms with Crippen LogP contribution in [-0.2, 0) is 6.54 Å². The lowest BCUT2D eigenvalue weighted by Crippen LogP contribution is -2.07. The Kier molecular flexibility index (Phi) is 3.37. The van der Waals surface area contributed by atoms with Crippen molar-refractivity contribution in [2.75, 3.05) is 5.73 Å². The van der Waals surface area contributed by atoms with Crippen LogP contribution in [0.4, 0.5) is 14.6 Å². The van der Waals surface area contributed by atoms with Crippen molar-refractivity contribution in [3.05, 3.63) is 20.9 Å². The van der Waals surface area contributed by atoms with Gasteiger partial charge in [-0.25, -0.2) is 13.8 Å². The van der Waals surface area contributed by atoms with Crippen molar-refractivity contribution in [1.29, 1.82) is 0 Å². The van der Waals surface area contributed by atoms with Crippen LogP contribution >= 0.6 is 22.6 Å². The summed E-state index contributed by atoms with van der Waals surface area (Å²) in [6, 6.07) is 1.51. The molecular weight excluding hydrogens is 291 g/mol. The summed E-state index contributed by atoms with van der Waals surface area (Å²) in [7, 11) is 0. The number of halogens is 3. The van der Waals surface area contributed by atoms with Crippen molar-refractivity contribution < 1.29 is 8.78 Å². The molecule has 0 saturated heterocycles. The molecule has 6 heteroatoms. The van der Waals surface area contributed by atoms with Crippen LogP contribution in [0.15, 0.2) is 6.07 Å². The molecule has 0 atom stereocenters. The van der Waals surface area contributed by atoms with Crippen LogP contribution in [0.3, 0.4) is 0 Å². The SMILES string of the molecule is NCc1cc(I)c(C(F)F)c(N)n1. The zero-order valence-electron chi connectivity index (χ0n) is 6.60. The lowest BCUT2D eigenvalue weighted by atomic mass is 10.2. The number of hydrogen-bond donors (Lipinski definition) is 2. The molecule has 1 aromatic heterocycles. The van der Waals surface area contributed by atoms with Crippen LogP contribution in [0.25, 0.3) is 0 Å². The molecule has 1 heterocycles. The van der Waals surface area contributed by atoms with Gasteiger partial charge >= 0.3 is 0 Å². The van der Waals surface area contributed by atoms with Gasteiger partial charge in [0.15, 0.2) is 0 Å². The van der Waals surface area contributed by atoms with Gasteiger partial charge in [0, 0.05) is 10.1 Å². The van der Waals surface area contributed by atoms with E-state index in [4.69, 9.17) is 11.5 Å². The minimum atomic E-state index is -2.59. The first kappa shape index (κ1) is 10.6. The smallest absolute Gasteiger partial charge is 0.268 e. The van der Waals surface area contributed by atoms with Gasteiger partial charge < -0.3 is 11.5 Å². The van der Waals surface area contributed by atoms with Crippen LogP contribution in [-0.4, -0.2) is 4.98 Å². The Balaban J connectivity index is 3.23. The minimum Gasteiger partial charge on any atom is -0.383 e. The van der Waals surface area contributed by atoms with Crippen LogP contribution in [0, 0.1) is 3.57 Å². The molecule has 4 N–H and O–H groups in total. The van der Waals surface area contributed by atoms with E-state index in [1.165, 1.54) is 6.07 Å². The third kappa shape index (κ3) is 2.25. The van der Waals surface area contributed by atoms with Crippen molar-refractivity contribution in [1.82, 2.24) is 4.98 Å². The first-order valence-corrected chi connectivity index (χ1v) is 4.57. The van der Waals surface area contributed by atoms with Crippen LogP contribution in [0.2, 0.25) is 0 Å². The lowest BCUT2D eigenvalue weighted by Gasteiger charge is -2.08. The molecule has 13 heavy (non-hydrogen) atoms. The second-order valence-corrected chi connectivity index (χ2v) is 3.56. The second-order valence-electron chi connectivity index (χ2n) is 2.40. The Morgan fingerprint density at radius 1 is 1.54 bits per heavy atom. The number of alkyl halides is 2. The number of nitrogen functional groups attached to an aromatic ring is 1. The van der Waals surface area contributed by atoms with Crippen molar-refractivity contribution >= 4 is 28.4 Å². The molecule has 0 saturated carbocycles. The molecule has 3 nitrogen and oxygen atoms in total. The van der Waals surface area contributed by atoms with Gasteiger partial charge in [-0.2, -0.15) is 0 Å². The third-order valence-corrected chi connectivity index (χ3v) is 2.41. The molecule has 0 aliphatic heterocycles. The number of nitrogens with zero attached hydrogens (tertiary/aromatic N) is 1. The van der Waals surface area contributed by atoms with Crippen LogP contribution in [0.1, 0.15) is 17.7 Å². The number of aromatic nitrogens is 1. The van der Waals surface area contributed by atoms with Crippen molar-refractivity contribution in [2.45, 2.75) is 13.0 Å². The first-order valence-electron chi connectivity index (χ1n) is 3.49. The summed E-state index contributed by atoms with van der Waals surface area (Å²) in [5, 5.41) is 0. The number of hydrogen-bond acceptors (Lipinski definition) is 3. The summed E-state index contributed by atoms with van der Waals surface area (Å²) in [4.78, 5) is 3.74. The fourth-order valence-corrected chi connectivity index (χ4v) is 1.79. The highest BCUT2D eigenvalue weighted by atomic mass is 127. The molecule has 1 aromatic rings. The average Bonchev–Trinajstić information content (AvgIpc) is 2.02. The lowest BCUT2D eigenvalue weighted by molar-refractivity contribution is 0.151. The largest absolute Gasteiger partial charge is 0.383 e.